The fourth-order valence-corrected chi connectivity index (χ4v) is 4.79. The van der Waals surface area contributed by atoms with Gasteiger partial charge in [0.1, 0.15) is 10.7 Å². The predicted octanol–water partition coefficient (Wildman–Crippen LogP) is 3.04. The minimum absolute atomic E-state index is 0.00236. The van der Waals surface area contributed by atoms with Crippen molar-refractivity contribution in [2.24, 2.45) is 0 Å². The van der Waals surface area contributed by atoms with Crippen LogP contribution in [0.3, 0.4) is 0 Å². The van der Waals surface area contributed by atoms with E-state index in [4.69, 9.17) is 0 Å². The zero-order valence-electron chi connectivity index (χ0n) is 13.6. The molecule has 132 valence electrons. The van der Waals surface area contributed by atoms with Gasteiger partial charge in [-0.2, -0.15) is 0 Å². The lowest BCUT2D eigenvalue weighted by atomic mass is 10.1. The molecule has 5 nitrogen and oxygen atoms in total. The maximum atomic E-state index is 13.6. The number of halogens is 2. The molecule has 0 unspecified atom stereocenters. The summed E-state index contributed by atoms with van der Waals surface area (Å²) in [6, 6.07) is 9.98. The second kappa shape index (κ2) is 6.51. The van der Waals surface area contributed by atoms with Gasteiger partial charge in [0.05, 0.1) is 18.2 Å². The molecule has 1 aliphatic rings. The average molecular weight is 427 g/mol. The van der Waals surface area contributed by atoms with Crippen molar-refractivity contribution in [3.8, 4) is 0 Å². The Morgan fingerprint density at radius 2 is 1.92 bits per heavy atom. The Morgan fingerprint density at radius 3 is 2.56 bits per heavy atom. The highest BCUT2D eigenvalue weighted by atomic mass is 79.9. The van der Waals surface area contributed by atoms with E-state index in [9.17, 15) is 17.6 Å². The summed E-state index contributed by atoms with van der Waals surface area (Å²) < 4.78 is 40.6. The molecular weight excluding hydrogens is 411 g/mol. The third kappa shape index (κ3) is 3.21. The van der Waals surface area contributed by atoms with Crippen molar-refractivity contribution in [1.29, 1.82) is 0 Å². The molecule has 8 heteroatoms. The zero-order chi connectivity index (χ0) is 18.4. The van der Waals surface area contributed by atoms with Gasteiger partial charge >= 0.3 is 0 Å². The van der Waals surface area contributed by atoms with Crippen LogP contribution >= 0.6 is 15.9 Å². The lowest BCUT2D eigenvalue weighted by Gasteiger charge is -2.28. The molecule has 0 aliphatic carbocycles. The molecule has 0 aromatic heterocycles. The Balaban J connectivity index is 2.00. The van der Waals surface area contributed by atoms with Gasteiger partial charge in [-0.25, -0.2) is 17.1 Å². The number of sulfonamides is 1. The number of carbonyl (C=O) groups is 1. The molecule has 0 spiro atoms. The van der Waals surface area contributed by atoms with Gasteiger partial charge in [-0.3, -0.25) is 4.79 Å². The molecule has 25 heavy (non-hydrogen) atoms. The van der Waals surface area contributed by atoms with Crippen LogP contribution in [0.1, 0.15) is 22.0 Å². The van der Waals surface area contributed by atoms with E-state index < -0.39 is 27.8 Å². The van der Waals surface area contributed by atoms with E-state index in [1.807, 2.05) is 0 Å². The number of hydrogen-bond acceptors (Lipinski definition) is 4. The van der Waals surface area contributed by atoms with Crippen molar-refractivity contribution in [1.82, 2.24) is 9.21 Å². The molecule has 2 aromatic carbocycles. The number of rotatable bonds is 4. The van der Waals surface area contributed by atoms with Crippen LogP contribution in [0.4, 0.5) is 4.39 Å². The molecule has 0 saturated heterocycles. The van der Waals surface area contributed by atoms with Crippen molar-refractivity contribution in [3.05, 3.63) is 63.9 Å². The maximum Gasteiger partial charge on any atom is 0.269 e. The molecule has 3 rings (SSSR count). The monoisotopic (exact) mass is 426 g/mol. The highest BCUT2D eigenvalue weighted by Crippen LogP contribution is 2.34. The molecule has 0 radical (unpaired) electrons. The third-order valence-corrected chi connectivity index (χ3v) is 6.46. The summed E-state index contributed by atoms with van der Waals surface area (Å²) in [5.41, 5.74) is 0.747. The smallest absolute Gasteiger partial charge is 0.269 e. The molecule has 1 heterocycles. The summed E-state index contributed by atoms with van der Waals surface area (Å²) in [4.78, 5) is 14.4. The summed E-state index contributed by atoms with van der Waals surface area (Å²) in [7, 11) is -0.404. The van der Waals surface area contributed by atoms with Gasteiger partial charge in [-0.15, -0.1) is 0 Å². The first-order chi connectivity index (χ1) is 11.7. The number of nitrogens with zero attached hydrogens (tertiary/aromatic N) is 2. The van der Waals surface area contributed by atoms with Crippen LogP contribution in [0.2, 0.25) is 0 Å². The summed E-state index contributed by atoms with van der Waals surface area (Å²) in [6.45, 7) is -0.0933. The quantitative estimate of drug-likeness (QED) is 0.753. The van der Waals surface area contributed by atoms with Crippen LogP contribution in [-0.2, 0) is 10.0 Å². The van der Waals surface area contributed by atoms with Crippen molar-refractivity contribution in [2.45, 2.75) is 10.9 Å². The standard InChI is InChI=1S/C17H16BrFN2O3S/c1-20(2)15(11-4-3-5-13(19)8-11)10-21-17(22)14-9-12(18)6-7-16(14)25(21,23)24/h3-9,15H,10H2,1-2H3/t15-/m0/s1. The molecule has 0 N–H and O–H groups in total. The Hall–Kier alpha value is -1.77. The number of likely N-dealkylation sites (N-methyl/N-ethyl adjacent to an activating group) is 1. The van der Waals surface area contributed by atoms with Crippen molar-refractivity contribution >= 4 is 31.9 Å². The van der Waals surface area contributed by atoms with E-state index in [1.165, 1.54) is 24.3 Å². The largest absolute Gasteiger partial charge is 0.301 e. The molecule has 0 bridgehead atoms. The topological polar surface area (TPSA) is 57.7 Å². The highest BCUT2D eigenvalue weighted by molar-refractivity contribution is 9.10. The number of hydrogen-bond donors (Lipinski definition) is 0. The van der Waals surface area contributed by atoms with E-state index in [2.05, 4.69) is 15.9 Å². The highest BCUT2D eigenvalue weighted by Gasteiger charge is 2.42. The first kappa shape index (κ1) is 18.0. The van der Waals surface area contributed by atoms with Crippen LogP contribution in [-0.4, -0.2) is 44.2 Å². The number of carbonyl (C=O) groups excluding carboxylic acids is 1. The van der Waals surface area contributed by atoms with E-state index in [0.29, 0.717) is 10.0 Å². The van der Waals surface area contributed by atoms with E-state index in [-0.39, 0.29) is 17.0 Å². The predicted molar refractivity (Wildman–Crippen MR) is 95.2 cm³/mol. The van der Waals surface area contributed by atoms with Crippen LogP contribution in [0.15, 0.2) is 51.8 Å². The molecule has 0 saturated carbocycles. The van der Waals surface area contributed by atoms with Gasteiger partial charge < -0.3 is 4.90 Å². The van der Waals surface area contributed by atoms with Crippen molar-refractivity contribution in [2.75, 3.05) is 20.6 Å². The molecule has 1 atom stereocenters. The van der Waals surface area contributed by atoms with Crippen molar-refractivity contribution < 1.29 is 17.6 Å². The van der Waals surface area contributed by atoms with Crippen molar-refractivity contribution in [3.63, 3.8) is 0 Å². The first-order valence-corrected chi connectivity index (χ1v) is 9.73. The van der Waals surface area contributed by atoms with E-state index >= 15 is 0 Å². The second-order valence-electron chi connectivity index (χ2n) is 6.02. The average Bonchev–Trinajstić information content (AvgIpc) is 2.71. The van der Waals surface area contributed by atoms with Gasteiger partial charge in [0.2, 0.25) is 0 Å². The Bertz CT molecular complexity index is 947. The van der Waals surface area contributed by atoms with E-state index in [1.54, 1.807) is 37.2 Å². The minimum Gasteiger partial charge on any atom is -0.301 e. The lowest BCUT2D eigenvalue weighted by molar-refractivity contribution is 0.0845. The van der Waals surface area contributed by atoms with E-state index in [0.717, 1.165) is 4.31 Å². The molecular formula is C17H16BrFN2O3S. The third-order valence-electron chi connectivity index (χ3n) is 4.16. The maximum absolute atomic E-state index is 13.6. The van der Waals surface area contributed by atoms with Gasteiger partial charge in [0.25, 0.3) is 15.9 Å². The van der Waals surface area contributed by atoms with Crippen LogP contribution in [0.5, 0.6) is 0 Å². The normalized spacial score (nSPS) is 17.0. The van der Waals surface area contributed by atoms with Gasteiger partial charge in [-0.05, 0) is 50.0 Å². The molecule has 1 amide bonds. The van der Waals surface area contributed by atoms with Gasteiger partial charge in [-0.1, -0.05) is 28.1 Å². The van der Waals surface area contributed by atoms with Crippen LogP contribution in [0.25, 0.3) is 0 Å². The van der Waals surface area contributed by atoms with Gasteiger partial charge in [0, 0.05) is 4.47 Å². The summed E-state index contributed by atoms with van der Waals surface area (Å²) >= 11 is 3.25. The minimum atomic E-state index is -3.92. The van der Waals surface area contributed by atoms with Gasteiger partial charge in [0.15, 0.2) is 0 Å². The molecule has 1 aliphatic heterocycles. The Labute approximate surface area is 154 Å². The second-order valence-corrected chi connectivity index (χ2v) is 8.76. The SMILES string of the molecule is CN(C)[C@@H](CN1C(=O)c2cc(Br)ccc2S1(=O)=O)c1cccc(F)c1. The summed E-state index contributed by atoms with van der Waals surface area (Å²) in [5.74, 6) is -0.980. The summed E-state index contributed by atoms with van der Waals surface area (Å²) in [5, 5.41) is 0. The molecule has 2 aromatic rings. The fraction of sp³-hybridized carbons (Fsp3) is 0.235. The molecule has 0 fully saturated rings. The number of benzene rings is 2. The lowest BCUT2D eigenvalue weighted by Crippen LogP contribution is -2.38. The summed E-state index contributed by atoms with van der Waals surface area (Å²) in [6.07, 6.45) is 0. The van der Waals surface area contributed by atoms with Crippen LogP contribution < -0.4 is 0 Å². The number of fused-ring (bicyclic) bond motifs is 1. The first-order valence-electron chi connectivity index (χ1n) is 7.50. The van der Waals surface area contributed by atoms with Crippen LogP contribution in [0, 0.1) is 5.82 Å². The Kier molecular flexibility index (Phi) is 4.70. The fourth-order valence-electron chi connectivity index (χ4n) is 2.88. The Morgan fingerprint density at radius 1 is 1.20 bits per heavy atom. The zero-order valence-corrected chi connectivity index (χ0v) is 16.0. The number of amides is 1.